The van der Waals surface area contributed by atoms with E-state index in [1.165, 1.54) is 18.9 Å². The fourth-order valence-electron chi connectivity index (χ4n) is 3.93. The average molecular weight is 426 g/mol. The summed E-state index contributed by atoms with van der Waals surface area (Å²) >= 11 is 1.51. The van der Waals surface area contributed by atoms with Crippen LogP contribution < -0.4 is 5.32 Å². The highest BCUT2D eigenvalue weighted by Gasteiger charge is 2.42. The van der Waals surface area contributed by atoms with Crippen LogP contribution in [0.3, 0.4) is 0 Å². The van der Waals surface area contributed by atoms with Gasteiger partial charge in [0.05, 0.1) is 30.8 Å². The second-order valence-corrected chi connectivity index (χ2v) is 8.81. The summed E-state index contributed by atoms with van der Waals surface area (Å²) < 4.78 is 5.17. The summed E-state index contributed by atoms with van der Waals surface area (Å²) in [6, 6.07) is 6.20. The zero-order valence-electron chi connectivity index (χ0n) is 17.8. The number of allylic oxidation sites excluding steroid dienone is 1. The largest absolute Gasteiger partial charge is 0.466 e. The van der Waals surface area contributed by atoms with Crippen LogP contribution in [0.2, 0.25) is 0 Å². The van der Waals surface area contributed by atoms with E-state index in [-0.39, 0.29) is 24.3 Å². The molecule has 3 aliphatic rings. The second-order valence-electron chi connectivity index (χ2n) is 7.98. The van der Waals surface area contributed by atoms with Crippen molar-refractivity contribution < 1.29 is 14.3 Å². The summed E-state index contributed by atoms with van der Waals surface area (Å²) in [7, 11) is 1.40. The SMILES string of the molecule is CCC1=C(C(=O)OC)C(c2cc(C)ccc2C)N2C(CC(=O)NC3CC3)=CSC2=N1. The summed E-state index contributed by atoms with van der Waals surface area (Å²) in [5.74, 6) is -0.366. The van der Waals surface area contributed by atoms with E-state index in [0.29, 0.717) is 18.0 Å². The van der Waals surface area contributed by atoms with E-state index in [2.05, 4.69) is 23.5 Å². The zero-order chi connectivity index (χ0) is 21.4. The van der Waals surface area contributed by atoms with Crippen molar-refractivity contribution in [3.8, 4) is 0 Å². The molecule has 1 aliphatic carbocycles. The Morgan fingerprint density at radius 1 is 1.30 bits per heavy atom. The van der Waals surface area contributed by atoms with Gasteiger partial charge in [0.1, 0.15) is 0 Å². The van der Waals surface area contributed by atoms with E-state index in [0.717, 1.165) is 46.1 Å². The number of carbonyl (C=O) groups excluding carboxylic acids is 2. The Bertz CT molecular complexity index is 991. The van der Waals surface area contributed by atoms with E-state index in [4.69, 9.17) is 9.73 Å². The fraction of sp³-hybridized carbons (Fsp3) is 0.435. The maximum Gasteiger partial charge on any atom is 0.338 e. The molecule has 1 unspecified atom stereocenters. The number of nitrogens with one attached hydrogen (secondary N) is 1. The van der Waals surface area contributed by atoms with Gasteiger partial charge in [0.25, 0.3) is 0 Å². The first kappa shape index (κ1) is 20.7. The standard InChI is InChI=1S/C23H27N3O3S/c1-5-18-20(22(28)29-4)21(17-10-13(2)6-7-14(17)3)26-16(12-30-23(26)25-18)11-19(27)24-15-8-9-15/h6-7,10,12,15,21H,5,8-9,11H2,1-4H3,(H,24,27). The molecule has 0 saturated heterocycles. The van der Waals surface area contributed by atoms with Crippen LogP contribution in [0.1, 0.15) is 55.3 Å². The number of amides is 1. The van der Waals surface area contributed by atoms with Crippen molar-refractivity contribution in [3.63, 3.8) is 0 Å². The molecule has 0 radical (unpaired) electrons. The number of fused-ring (bicyclic) bond motifs is 1. The molecule has 7 heteroatoms. The van der Waals surface area contributed by atoms with Crippen LogP contribution in [-0.4, -0.2) is 35.1 Å². The van der Waals surface area contributed by atoms with Crippen molar-refractivity contribution >= 4 is 28.8 Å². The molecule has 0 aromatic heterocycles. The molecule has 158 valence electrons. The van der Waals surface area contributed by atoms with E-state index < -0.39 is 0 Å². The molecule has 1 atom stereocenters. The minimum absolute atomic E-state index is 0.00944. The molecule has 2 heterocycles. The smallest absolute Gasteiger partial charge is 0.338 e. The summed E-state index contributed by atoms with van der Waals surface area (Å²) in [6.45, 7) is 6.09. The number of methoxy groups -OCH3 is 1. The van der Waals surface area contributed by atoms with Gasteiger partial charge in [-0.05, 0) is 49.6 Å². The Labute approximate surface area is 181 Å². The van der Waals surface area contributed by atoms with Crippen molar-refractivity contribution in [1.82, 2.24) is 10.2 Å². The van der Waals surface area contributed by atoms with Crippen LogP contribution in [0.25, 0.3) is 0 Å². The van der Waals surface area contributed by atoms with Gasteiger partial charge in [-0.1, -0.05) is 42.4 Å². The molecule has 1 N–H and O–H groups in total. The predicted octanol–water partition coefficient (Wildman–Crippen LogP) is 4.11. The Kier molecular flexibility index (Phi) is 5.73. The molecular weight excluding hydrogens is 398 g/mol. The zero-order valence-corrected chi connectivity index (χ0v) is 18.6. The number of amidine groups is 1. The summed E-state index contributed by atoms with van der Waals surface area (Å²) in [5.41, 5.74) is 5.38. The van der Waals surface area contributed by atoms with Gasteiger partial charge >= 0.3 is 5.97 Å². The Hall–Kier alpha value is -2.54. The summed E-state index contributed by atoms with van der Waals surface area (Å²) in [5, 5.41) is 5.85. The van der Waals surface area contributed by atoms with Crippen molar-refractivity contribution in [1.29, 1.82) is 0 Å². The van der Waals surface area contributed by atoms with Gasteiger partial charge in [0.15, 0.2) is 5.17 Å². The minimum atomic E-state index is -0.376. The topological polar surface area (TPSA) is 71.0 Å². The number of hydrogen-bond donors (Lipinski definition) is 1. The monoisotopic (exact) mass is 425 g/mol. The summed E-state index contributed by atoms with van der Waals surface area (Å²) in [4.78, 5) is 32.3. The lowest BCUT2D eigenvalue weighted by Crippen LogP contribution is -2.38. The van der Waals surface area contributed by atoms with Crippen LogP contribution in [0.5, 0.6) is 0 Å². The number of aliphatic imine (C=N–C) groups is 1. The van der Waals surface area contributed by atoms with Crippen LogP contribution >= 0.6 is 11.8 Å². The van der Waals surface area contributed by atoms with Crippen LogP contribution in [0.4, 0.5) is 0 Å². The highest BCUT2D eigenvalue weighted by molar-refractivity contribution is 8.16. The van der Waals surface area contributed by atoms with Crippen molar-refractivity contribution in [2.24, 2.45) is 4.99 Å². The van der Waals surface area contributed by atoms with E-state index in [1.54, 1.807) is 0 Å². The molecule has 30 heavy (non-hydrogen) atoms. The van der Waals surface area contributed by atoms with Gasteiger partial charge in [0.2, 0.25) is 5.91 Å². The first-order valence-electron chi connectivity index (χ1n) is 10.3. The highest BCUT2D eigenvalue weighted by atomic mass is 32.2. The molecule has 1 amide bonds. The number of thioether (sulfide) groups is 1. The third-order valence-corrected chi connectivity index (χ3v) is 6.53. The van der Waals surface area contributed by atoms with Gasteiger partial charge in [0, 0.05) is 11.7 Å². The molecule has 4 rings (SSSR count). The van der Waals surface area contributed by atoms with Crippen LogP contribution in [-0.2, 0) is 14.3 Å². The molecule has 1 aromatic carbocycles. The quantitative estimate of drug-likeness (QED) is 0.695. The van der Waals surface area contributed by atoms with Crippen molar-refractivity contribution in [2.75, 3.05) is 7.11 Å². The van der Waals surface area contributed by atoms with E-state index in [1.807, 2.05) is 31.1 Å². The normalized spacial score (nSPS) is 20.5. The average Bonchev–Trinajstić information content (AvgIpc) is 3.46. The first-order valence-corrected chi connectivity index (χ1v) is 11.2. The molecule has 6 nitrogen and oxygen atoms in total. The van der Waals surface area contributed by atoms with Crippen molar-refractivity contribution in [3.05, 3.63) is 57.3 Å². The molecule has 0 bridgehead atoms. The number of rotatable bonds is 6. The predicted molar refractivity (Wildman–Crippen MR) is 119 cm³/mol. The van der Waals surface area contributed by atoms with Crippen LogP contribution in [0.15, 0.2) is 45.6 Å². The molecule has 1 saturated carbocycles. The number of benzene rings is 1. The third kappa shape index (κ3) is 3.90. The number of hydrogen-bond acceptors (Lipinski definition) is 6. The molecule has 1 aromatic rings. The van der Waals surface area contributed by atoms with Crippen molar-refractivity contribution in [2.45, 2.75) is 58.5 Å². The minimum Gasteiger partial charge on any atom is -0.466 e. The lowest BCUT2D eigenvalue weighted by Gasteiger charge is -2.37. The first-order chi connectivity index (χ1) is 14.4. The number of nitrogens with zero attached hydrogens (tertiary/aromatic N) is 2. The molecule has 1 fully saturated rings. The second kappa shape index (κ2) is 8.30. The maximum atomic E-state index is 12.9. The third-order valence-electron chi connectivity index (χ3n) is 5.64. The number of carbonyl (C=O) groups is 2. The van der Waals surface area contributed by atoms with E-state index >= 15 is 0 Å². The lowest BCUT2D eigenvalue weighted by molar-refractivity contribution is -0.136. The Balaban J connectivity index is 1.79. The number of ether oxygens (including phenoxy) is 1. The maximum absolute atomic E-state index is 12.9. The lowest BCUT2D eigenvalue weighted by atomic mass is 9.89. The number of aryl methyl sites for hydroxylation is 2. The van der Waals surface area contributed by atoms with Gasteiger partial charge < -0.3 is 15.0 Å². The van der Waals surface area contributed by atoms with Gasteiger partial charge in [-0.3, -0.25) is 4.79 Å². The number of esters is 1. The van der Waals surface area contributed by atoms with E-state index in [9.17, 15) is 9.59 Å². The molecule has 0 spiro atoms. The fourth-order valence-corrected chi connectivity index (χ4v) is 4.87. The molecular formula is C23H27N3O3S. The van der Waals surface area contributed by atoms with Gasteiger partial charge in [-0.25, -0.2) is 9.79 Å². The summed E-state index contributed by atoms with van der Waals surface area (Å²) in [6.07, 6.45) is 2.99. The Morgan fingerprint density at radius 3 is 2.73 bits per heavy atom. The van der Waals surface area contributed by atoms with Gasteiger partial charge in [-0.2, -0.15) is 0 Å². The van der Waals surface area contributed by atoms with Crippen LogP contribution in [0, 0.1) is 13.8 Å². The Morgan fingerprint density at radius 2 is 2.07 bits per heavy atom. The highest BCUT2D eigenvalue weighted by Crippen LogP contribution is 2.46. The van der Waals surface area contributed by atoms with Gasteiger partial charge in [-0.15, -0.1) is 0 Å². The molecule has 2 aliphatic heterocycles.